The van der Waals surface area contributed by atoms with Crippen molar-refractivity contribution in [3.63, 3.8) is 0 Å². The van der Waals surface area contributed by atoms with E-state index in [-0.39, 0.29) is 0 Å². The van der Waals surface area contributed by atoms with Gasteiger partial charge in [-0.3, -0.25) is 0 Å². The maximum absolute atomic E-state index is 5.28. The second kappa shape index (κ2) is 4.22. The number of hydrogen-bond acceptors (Lipinski definition) is 5. The van der Waals surface area contributed by atoms with E-state index in [0.29, 0.717) is 11.6 Å². The third kappa shape index (κ3) is 1.98. The normalized spacial score (nSPS) is 10.2. The molecule has 1 aromatic carbocycles. The Balaban J connectivity index is 2.51. The third-order valence-corrected chi connectivity index (χ3v) is 2.18. The van der Waals surface area contributed by atoms with Gasteiger partial charge in [-0.1, -0.05) is 6.07 Å². The van der Waals surface area contributed by atoms with E-state index in [4.69, 9.17) is 4.74 Å². The Hall–Kier alpha value is -2.04. The number of rotatable bonds is 2. The van der Waals surface area contributed by atoms with Gasteiger partial charge in [-0.05, 0) is 31.5 Å². The maximum atomic E-state index is 5.28. The zero-order chi connectivity index (χ0) is 11.5. The predicted octanol–water partition coefficient (Wildman–Crippen LogP) is 1.56. The van der Waals surface area contributed by atoms with Gasteiger partial charge in [0.15, 0.2) is 5.82 Å². The molecule has 2 aromatic rings. The minimum atomic E-state index is 0.474. The second-order valence-corrected chi connectivity index (χ2v) is 3.47. The van der Waals surface area contributed by atoms with E-state index in [2.05, 4.69) is 20.4 Å². The van der Waals surface area contributed by atoms with E-state index < -0.39 is 0 Å². The molecule has 0 N–H and O–H groups in total. The van der Waals surface area contributed by atoms with Crippen LogP contribution in [-0.2, 0) is 0 Å². The van der Waals surface area contributed by atoms with Crippen molar-refractivity contribution in [3.05, 3.63) is 29.6 Å². The van der Waals surface area contributed by atoms with Crippen LogP contribution in [0.4, 0.5) is 0 Å². The summed E-state index contributed by atoms with van der Waals surface area (Å²) in [4.78, 5) is 0. The summed E-state index contributed by atoms with van der Waals surface area (Å²) in [5, 5.41) is 15.7. The van der Waals surface area contributed by atoms with Crippen molar-refractivity contribution in [2.45, 2.75) is 13.8 Å². The average molecular weight is 216 g/mol. The summed E-state index contributed by atoms with van der Waals surface area (Å²) in [7, 11) is 1.62. The minimum Gasteiger partial charge on any atom is -0.496 e. The van der Waals surface area contributed by atoms with Crippen LogP contribution in [-0.4, -0.2) is 27.5 Å². The summed E-state index contributed by atoms with van der Waals surface area (Å²) >= 11 is 0. The smallest absolute Gasteiger partial charge is 0.207 e. The van der Waals surface area contributed by atoms with Gasteiger partial charge in [-0.25, -0.2) is 0 Å². The van der Waals surface area contributed by atoms with Crippen molar-refractivity contribution >= 4 is 0 Å². The quantitative estimate of drug-likeness (QED) is 0.762. The highest BCUT2D eigenvalue weighted by Gasteiger charge is 2.09. The molecule has 0 aliphatic carbocycles. The first kappa shape index (κ1) is 10.5. The molecule has 2 rings (SSSR count). The molecule has 0 saturated heterocycles. The molecule has 0 aliphatic rings. The largest absolute Gasteiger partial charge is 0.496 e. The fraction of sp³-hybridized carbons (Fsp3) is 0.273. The number of aryl methyl sites for hydroxylation is 2. The number of aromatic nitrogens is 4. The number of hydrogen-bond donors (Lipinski definition) is 0. The van der Waals surface area contributed by atoms with Crippen LogP contribution in [0.5, 0.6) is 5.75 Å². The van der Waals surface area contributed by atoms with Crippen molar-refractivity contribution in [3.8, 4) is 17.1 Å². The topological polar surface area (TPSA) is 60.8 Å². The second-order valence-electron chi connectivity index (χ2n) is 3.47. The molecule has 16 heavy (non-hydrogen) atoms. The Bertz CT molecular complexity index is 496. The van der Waals surface area contributed by atoms with E-state index in [1.165, 1.54) is 0 Å². The molecule has 0 fully saturated rings. The van der Waals surface area contributed by atoms with Crippen LogP contribution in [0, 0.1) is 13.8 Å². The van der Waals surface area contributed by atoms with Crippen molar-refractivity contribution in [1.82, 2.24) is 20.4 Å². The molecule has 5 heteroatoms. The minimum absolute atomic E-state index is 0.474. The average Bonchev–Trinajstić information content (AvgIpc) is 2.30. The van der Waals surface area contributed by atoms with Crippen molar-refractivity contribution < 1.29 is 4.74 Å². The number of methoxy groups -OCH3 is 1. The van der Waals surface area contributed by atoms with Gasteiger partial charge in [0.05, 0.1) is 12.7 Å². The molecule has 0 unspecified atom stereocenters. The summed E-state index contributed by atoms with van der Waals surface area (Å²) < 4.78 is 5.28. The highest BCUT2D eigenvalue weighted by atomic mass is 16.5. The van der Waals surface area contributed by atoms with Crippen LogP contribution < -0.4 is 4.74 Å². The first-order chi connectivity index (χ1) is 7.70. The lowest BCUT2D eigenvalue weighted by atomic mass is 10.1. The van der Waals surface area contributed by atoms with Crippen LogP contribution in [0.3, 0.4) is 0 Å². The summed E-state index contributed by atoms with van der Waals surface area (Å²) in [6.07, 6.45) is 0. The zero-order valence-electron chi connectivity index (χ0n) is 9.43. The molecule has 0 aliphatic heterocycles. The molecule has 1 aromatic heterocycles. The van der Waals surface area contributed by atoms with Gasteiger partial charge in [-0.2, -0.15) is 0 Å². The van der Waals surface area contributed by atoms with Gasteiger partial charge >= 0.3 is 0 Å². The molecule has 0 atom stereocenters. The Morgan fingerprint density at radius 3 is 2.31 bits per heavy atom. The monoisotopic (exact) mass is 216 g/mol. The van der Waals surface area contributed by atoms with Crippen molar-refractivity contribution in [2.75, 3.05) is 7.11 Å². The van der Waals surface area contributed by atoms with Gasteiger partial charge in [0.25, 0.3) is 0 Å². The molecule has 0 spiro atoms. The zero-order valence-corrected chi connectivity index (χ0v) is 9.43. The van der Waals surface area contributed by atoms with E-state index in [1.54, 1.807) is 14.0 Å². The molecular formula is C11H12N4O. The molecule has 0 saturated carbocycles. The fourth-order valence-corrected chi connectivity index (χ4v) is 1.37. The Kier molecular flexibility index (Phi) is 2.76. The van der Waals surface area contributed by atoms with Crippen LogP contribution >= 0.6 is 0 Å². The van der Waals surface area contributed by atoms with Gasteiger partial charge in [0.1, 0.15) is 5.75 Å². The molecular weight excluding hydrogens is 204 g/mol. The summed E-state index contributed by atoms with van der Waals surface area (Å²) in [5.41, 5.74) is 1.92. The number of benzene rings is 1. The van der Waals surface area contributed by atoms with E-state index in [9.17, 15) is 0 Å². The highest BCUT2D eigenvalue weighted by Crippen LogP contribution is 2.27. The van der Waals surface area contributed by atoms with E-state index in [0.717, 1.165) is 16.9 Å². The maximum Gasteiger partial charge on any atom is 0.207 e. The van der Waals surface area contributed by atoms with E-state index >= 15 is 0 Å². The lowest BCUT2D eigenvalue weighted by Crippen LogP contribution is -2.00. The van der Waals surface area contributed by atoms with Crippen LogP contribution in [0.15, 0.2) is 18.2 Å². The lowest BCUT2D eigenvalue weighted by Gasteiger charge is -2.06. The third-order valence-electron chi connectivity index (χ3n) is 2.18. The van der Waals surface area contributed by atoms with Crippen LogP contribution in [0.1, 0.15) is 11.4 Å². The van der Waals surface area contributed by atoms with Crippen molar-refractivity contribution in [2.24, 2.45) is 0 Å². The summed E-state index contributed by atoms with van der Waals surface area (Å²) in [5.74, 6) is 1.75. The van der Waals surface area contributed by atoms with E-state index in [1.807, 2.05) is 25.1 Å². The van der Waals surface area contributed by atoms with Crippen molar-refractivity contribution in [1.29, 1.82) is 0 Å². The van der Waals surface area contributed by atoms with Crippen LogP contribution in [0.25, 0.3) is 11.4 Å². The molecule has 5 nitrogen and oxygen atoms in total. The molecule has 0 amide bonds. The molecule has 0 radical (unpaired) electrons. The fourth-order valence-electron chi connectivity index (χ4n) is 1.37. The Morgan fingerprint density at radius 1 is 1.00 bits per heavy atom. The summed E-state index contributed by atoms with van der Waals surface area (Å²) in [6, 6.07) is 5.81. The number of nitrogens with zero attached hydrogens (tertiary/aromatic N) is 4. The Morgan fingerprint density at radius 2 is 1.69 bits per heavy atom. The van der Waals surface area contributed by atoms with Gasteiger partial charge < -0.3 is 4.74 Å². The highest BCUT2D eigenvalue weighted by molar-refractivity contribution is 5.64. The first-order valence-electron chi connectivity index (χ1n) is 4.89. The predicted molar refractivity (Wildman–Crippen MR) is 59.1 cm³/mol. The Labute approximate surface area is 93.5 Å². The SMILES string of the molecule is COc1cc(C)ccc1-c1nnc(C)nn1. The molecule has 1 heterocycles. The number of ether oxygens (including phenoxy) is 1. The lowest BCUT2D eigenvalue weighted by molar-refractivity contribution is 0.415. The molecule has 82 valence electrons. The standard InChI is InChI=1S/C11H12N4O/c1-7-4-5-9(10(6-7)16-3)11-14-12-8(2)13-15-11/h4-6H,1-3H3. The van der Waals surface area contributed by atoms with Crippen LogP contribution in [0.2, 0.25) is 0 Å². The van der Waals surface area contributed by atoms with Gasteiger partial charge in [0, 0.05) is 0 Å². The summed E-state index contributed by atoms with van der Waals surface area (Å²) in [6.45, 7) is 3.74. The van der Waals surface area contributed by atoms with Gasteiger partial charge in [0.2, 0.25) is 5.82 Å². The first-order valence-corrected chi connectivity index (χ1v) is 4.89. The molecule has 0 bridgehead atoms. The van der Waals surface area contributed by atoms with Gasteiger partial charge in [-0.15, -0.1) is 20.4 Å².